The van der Waals surface area contributed by atoms with E-state index in [0.29, 0.717) is 24.2 Å². The topological polar surface area (TPSA) is 74.0 Å². The van der Waals surface area contributed by atoms with E-state index >= 15 is 0 Å². The van der Waals surface area contributed by atoms with Gasteiger partial charge >= 0.3 is 0 Å². The Kier molecular flexibility index (Phi) is 4.16. The molecular weight excluding hydrogens is 333 g/mol. The number of hydrogen-bond donors (Lipinski definition) is 3. The molecule has 0 saturated carbocycles. The lowest BCUT2D eigenvalue weighted by Gasteiger charge is -2.24. The predicted octanol–water partition coefficient (Wildman–Crippen LogP) is 3.09. The van der Waals surface area contributed by atoms with Gasteiger partial charge in [-0.15, -0.1) is 0 Å². The van der Waals surface area contributed by atoms with Crippen LogP contribution in [0.5, 0.6) is 0 Å². The normalized spacial score (nSPS) is 16.2. The molecule has 6 heteroatoms. The number of carbonyl (C=O) groups is 2. The van der Waals surface area contributed by atoms with Gasteiger partial charge in [0.1, 0.15) is 5.82 Å². The number of H-pyrrole nitrogens is 1. The Morgan fingerprint density at radius 2 is 2.08 bits per heavy atom. The quantitative estimate of drug-likeness (QED) is 0.676. The number of halogens is 1. The van der Waals surface area contributed by atoms with Crippen molar-refractivity contribution >= 4 is 28.4 Å². The molecule has 2 heterocycles. The van der Waals surface area contributed by atoms with Gasteiger partial charge in [0.15, 0.2) is 0 Å². The number of carbonyl (C=O) groups excluding carboxylic acids is 2. The summed E-state index contributed by atoms with van der Waals surface area (Å²) in [6.07, 6.45) is 2.70. The third-order valence-corrected chi connectivity index (χ3v) is 4.74. The van der Waals surface area contributed by atoms with Crippen molar-refractivity contribution in [1.29, 1.82) is 0 Å². The first kappa shape index (κ1) is 16.3. The molecule has 26 heavy (non-hydrogen) atoms. The summed E-state index contributed by atoms with van der Waals surface area (Å²) in [6, 6.07) is 12.1. The predicted molar refractivity (Wildman–Crippen MR) is 97.4 cm³/mol. The lowest BCUT2D eigenvalue weighted by Crippen LogP contribution is -2.36. The van der Waals surface area contributed by atoms with E-state index in [9.17, 15) is 14.0 Å². The van der Waals surface area contributed by atoms with Crippen LogP contribution in [0, 0.1) is 5.82 Å². The molecule has 3 aromatic rings. The number of anilines is 1. The highest BCUT2D eigenvalue weighted by molar-refractivity contribution is 6.01. The van der Waals surface area contributed by atoms with Crippen LogP contribution in [-0.4, -0.2) is 23.3 Å². The molecule has 1 aromatic heterocycles. The first-order chi connectivity index (χ1) is 12.6. The molecule has 1 aliphatic heterocycles. The smallest absolute Gasteiger partial charge is 0.228 e. The fourth-order valence-electron chi connectivity index (χ4n) is 3.45. The Morgan fingerprint density at radius 1 is 1.23 bits per heavy atom. The fraction of sp³-hybridized carbons (Fsp3) is 0.200. The van der Waals surface area contributed by atoms with Crippen molar-refractivity contribution in [1.82, 2.24) is 10.3 Å². The lowest BCUT2D eigenvalue weighted by atomic mass is 9.89. The van der Waals surface area contributed by atoms with E-state index < -0.39 is 11.7 Å². The first-order valence-corrected chi connectivity index (χ1v) is 8.54. The van der Waals surface area contributed by atoms with Gasteiger partial charge in [0.25, 0.3) is 0 Å². The van der Waals surface area contributed by atoms with Gasteiger partial charge in [-0.2, -0.15) is 0 Å². The molecule has 0 spiro atoms. The zero-order valence-electron chi connectivity index (χ0n) is 14.0. The maximum atomic E-state index is 13.4. The van der Waals surface area contributed by atoms with Crippen molar-refractivity contribution in [2.45, 2.75) is 18.8 Å². The third kappa shape index (κ3) is 3.06. The number of fused-ring (bicyclic) bond motifs is 2. The van der Waals surface area contributed by atoms with Crippen LogP contribution in [0.15, 0.2) is 48.7 Å². The molecule has 0 bridgehead atoms. The van der Waals surface area contributed by atoms with E-state index in [1.165, 1.54) is 12.1 Å². The SMILES string of the molecule is O=C1C[C@@H](C(=O)NCCc2c[nH]c3ccccc23)c2ccc(F)cc2N1. The molecule has 1 aliphatic rings. The van der Waals surface area contributed by atoms with Crippen LogP contribution in [0.3, 0.4) is 0 Å². The molecule has 0 fully saturated rings. The van der Waals surface area contributed by atoms with Gasteiger partial charge in [0.2, 0.25) is 11.8 Å². The molecular formula is C20H18FN3O2. The van der Waals surface area contributed by atoms with Gasteiger partial charge in [-0.05, 0) is 35.7 Å². The second kappa shape index (κ2) is 6.63. The number of para-hydroxylation sites is 1. The molecule has 0 aliphatic carbocycles. The Labute approximate surface area is 149 Å². The number of rotatable bonds is 4. The largest absolute Gasteiger partial charge is 0.361 e. The van der Waals surface area contributed by atoms with E-state index in [4.69, 9.17) is 0 Å². The van der Waals surface area contributed by atoms with Gasteiger partial charge in [-0.25, -0.2) is 4.39 Å². The highest BCUT2D eigenvalue weighted by Crippen LogP contribution is 2.32. The summed E-state index contributed by atoms with van der Waals surface area (Å²) in [4.78, 5) is 27.6. The maximum absolute atomic E-state index is 13.4. The molecule has 4 rings (SSSR count). The van der Waals surface area contributed by atoms with E-state index in [1.54, 1.807) is 6.07 Å². The van der Waals surface area contributed by atoms with Crippen LogP contribution < -0.4 is 10.6 Å². The van der Waals surface area contributed by atoms with Crippen LogP contribution >= 0.6 is 0 Å². The summed E-state index contributed by atoms with van der Waals surface area (Å²) >= 11 is 0. The Hall–Kier alpha value is -3.15. The van der Waals surface area contributed by atoms with E-state index in [-0.39, 0.29) is 18.2 Å². The fourth-order valence-corrected chi connectivity index (χ4v) is 3.45. The van der Waals surface area contributed by atoms with Gasteiger partial charge in [0.05, 0.1) is 5.92 Å². The lowest BCUT2D eigenvalue weighted by molar-refractivity contribution is -0.126. The van der Waals surface area contributed by atoms with Crippen molar-refractivity contribution in [3.63, 3.8) is 0 Å². The van der Waals surface area contributed by atoms with Gasteiger partial charge in [0, 0.05) is 35.8 Å². The number of benzene rings is 2. The minimum absolute atomic E-state index is 0.0670. The van der Waals surface area contributed by atoms with Gasteiger partial charge < -0.3 is 15.6 Å². The summed E-state index contributed by atoms with van der Waals surface area (Å²) in [5.74, 6) is -1.53. The van der Waals surface area contributed by atoms with Crippen LogP contribution in [0.4, 0.5) is 10.1 Å². The standard InChI is InChI=1S/C20H18FN3O2/c21-13-5-6-15-16(10-19(25)24-18(15)9-13)20(26)22-8-7-12-11-23-17-4-2-1-3-14(12)17/h1-6,9,11,16,23H,7-8,10H2,(H,22,26)(H,24,25)/t16-/m1/s1. The second-order valence-corrected chi connectivity index (χ2v) is 6.44. The van der Waals surface area contributed by atoms with Crippen molar-refractivity contribution in [3.8, 4) is 0 Å². The van der Waals surface area contributed by atoms with E-state index in [2.05, 4.69) is 15.6 Å². The van der Waals surface area contributed by atoms with Crippen LogP contribution in [-0.2, 0) is 16.0 Å². The summed E-state index contributed by atoms with van der Waals surface area (Å²) in [6.45, 7) is 0.468. The highest BCUT2D eigenvalue weighted by atomic mass is 19.1. The zero-order chi connectivity index (χ0) is 18.1. The van der Waals surface area contributed by atoms with E-state index in [1.807, 2.05) is 30.5 Å². The monoisotopic (exact) mass is 351 g/mol. The molecule has 3 N–H and O–H groups in total. The number of hydrogen-bond acceptors (Lipinski definition) is 2. The summed E-state index contributed by atoms with van der Waals surface area (Å²) in [7, 11) is 0. The van der Waals surface area contributed by atoms with Crippen molar-refractivity contribution in [2.75, 3.05) is 11.9 Å². The summed E-state index contributed by atoms with van der Waals surface area (Å²) < 4.78 is 13.4. The minimum atomic E-state index is -0.595. The van der Waals surface area contributed by atoms with Crippen molar-refractivity contribution in [3.05, 3.63) is 65.6 Å². The minimum Gasteiger partial charge on any atom is -0.361 e. The Bertz CT molecular complexity index is 996. The van der Waals surface area contributed by atoms with Crippen LogP contribution in [0.2, 0.25) is 0 Å². The molecule has 0 unspecified atom stereocenters. The molecule has 0 saturated heterocycles. The molecule has 132 valence electrons. The molecule has 5 nitrogen and oxygen atoms in total. The van der Waals surface area contributed by atoms with E-state index in [0.717, 1.165) is 16.5 Å². The highest BCUT2D eigenvalue weighted by Gasteiger charge is 2.30. The van der Waals surface area contributed by atoms with Crippen molar-refractivity contribution in [2.24, 2.45) is 0 Å². The number of aromatic amines is 1. The third-order valence-electron chi connectivity index (χ3n) is 4.74. The van der Waals surface area contributed by atoms with Gasteiger partial charge in [-0.1, -0.05) is 24.3 Å². The Morgan fingerprint density at radius 3 is 2.96 bits per heavy atom. The average molecular weight is 351 g/mol. The number of amides is 2. The molecule has 2 amide bonds. The van der Waals surface area contributed by atoms with Gasteiger partial charge in [-0.3, -0.25) is 9.59 Å². The molecule has 0 radical (unpaired) electrons. The second-order valence-electron chi connectivity index (χ2n) is 6.44. The average Bonchev–Trinajstić information content (AvgIpc) is 3.04. The van der Waals surface area contributed by atoms with Crippen molar-refractivity contribution < 1.29 is 14.0 Å². The molecule has 2 aromatic carbocycles. The summed E-state index contributed by atoms with van der Waals surface area (Å²) in [5.41, 5.74) is 3.21. The maximum Gasteiger partial charge on any atom is 0.228 e. The first-order valence-electron chi connectivity index (χ1n) is 8.54. The number of nitrogens with one attached hydrogen (secondary N) is 3. The number of aromatic nitrogens is 1. The zero-order valence-corrected chi connectivity index (χ0v) is 14.0. The summed E-state index contributed by atoms with van der Waals surface area (Å²) in [5, 5.41) is 6.66. The van der Waals surface area contributed by atoms with Crippen LogP contribution in [0.25, 0.3) is 10.9 Å². The molecule has 1 atom stereocenters. The van der Waals surface area contributed by atoms with Crippen LogP contribution in [0.1, 0.15) is 23.5 Å². The Balaban J connectivity index is 1.45.